The van der Waals surface area contributed by atoms with E-state index in [-0.39, 0.29) is 11.9 Å². The third-order valence-electron chi connectivity index (χ3n) is 14.3. The lowest BCUT2D eigenvalue weighted by atomic mass is 9.78. The number of unbranched alkanes of at least 4 members (excludes halogenated alkanes) is 31. The molecule has 0 unspecified atom stereocenters. The summed E-state index contributed by atoms with van der Waals surface area (Å²) in [6.07, 6.45) is 55.9. The average Bonchev–Trinajstić information content (AvgIpc) is 3.26. The lowest BCUT2D eigenvalue weighted by Crippen LogP contribution is -2.42. The highest BCUT2D eigenvalue weighted by Crippen LogP contribution is 2.31. The van der Waals surface area contributed by atoms with Crippen molar-refractivity contribution in [2.24, 2.45) is 17.8 Å². The van der Waals surface area contributed by atoms with Crippen LogP contribution in [-0.2, 0) is 19.1 Å². The third kappa shape index (κ3) is 39.3. The summed E-state index contributed by atoms with van der Waals surface area (Å²) in [5.41, 5.74) is 0. The molecule has 1 N–H and O–H groups in total. The molecule has 1 saturated carbocycles. The van der Waals surface area contributed by atoms with Crippen molar-refractivity contribution >= 4 is 11.9 Å². The van der Waals surface area contributed by atoms with Gasteiger partial charge in [0.25, 0.3) is 0 Å². The molecule has 0 atom stereocenters. The number of nitrogens with one attached hydrogen (secondary N) is 1. The first kappa shape index (κ1) is 58.9. The van der Waals surface area contributed by atoms with Crippen molar-refractivity contribution < 1.29 is 19.1 Å². The Bertz CT molecular complexity index is 896. The minimum absolute atomic E-state index is 0.0293. The Morgan fingerprint density at radius 3 is 1.08 bits per heavy atom. The Balaban J connectivity index is 2.14. The molecular formula is C57H111NO4. The molecule has 1 rings (SSSR count). The van der Waals surface area contributed by atoms with Gasteiger partial charge in [-0.25, -0.2) is 0 Å². The van der Waals surface area contributed by atoms with E-state index in [2.05, 4.69) is 33.0 Å². The van der Waals surface area contributed by atoms with Crippen molar-refractivity contribution in [2.75, 3.05) is 19.8 Å². The fourth-order valence-corrected chi connectivity index (χ4v) is 9.80. The predicted molar refractivity (Wildman–Crippen MR) is 270 cm³/mol. The lowest BCUT2D eigenvalue weighted by Gasteiger charge is -2.35. The summed E-state index contributed by atoms with van der Waals surface area (Å²) >= 11 is 0. The predicted octanol–water partition coefficient (Wildman–Crippen LogP) is 18.1. The van der Waals surface area contributed by atoms with E-state index in [0.29, 0.717) is 49.9 Å². The van der Waals surface area contributed by atoms with Gasteiger partial charge < -0.3 is 14.8 Å². The second-order valence-electron chi connectivity index (χ2n) is 20.5. The summed E-state index contributed by atoms with van der Waals surface area (Å²) in [6.45, 7) is 11.5. The van der Waals surface area contributed by atoms with E-state index in [9.17, 15) is 9.59 Å². The Kier molecular flexibility index (Phi) is 44.1. The van der Waals surface area contributed by atoms with Crippen molar-refractivity contribution in [3.8, 4) is 0 Å². The zero-order chi connectivity index (χ0) is 44.8. The molecule has 368 valence electrons. The molecule has 0 saturated heterocycles. The fourth-order valence-electron chi connectivity index (χ4n) is 9.80. The molecule has 0 bridgehead atoms. The minimum Gasteiger partial charge on any atom is -0.465 e. The van der Waals surface area contributed by atoms with Crippen molar-refractivity contribution in [1.82, 2.24) is 5.32 Å². The zero-order valence-corrected chi connectivity index (χ0v) is 42.7. The van der Waals surface area contributed by atoms with E-state index in [1.807, 2.05) is 0 Å². The van der Waals surface area contributed by atoms with Gasteiger partial charge in [0.15, 0.2) is 0 Å². The molecule has 5 nitrogen and oxygen atoms in total. The molecule has 1 aliphatic carbocycles. The monoisotopic (exact) mass is 874 g/mol. The number of hydrogen-bond acceptors (Lipinski definition) is 5. The first-order valence-electron chi connectivity index (χ1n) is 28.6. The molecule has 0 aromatic carbocycles. The largest absolute Gasteiger partial charge is 0.465 e. The second kappa shape index (κ2) is 46.4. The Hall–Kier alpha value is -1.10. The minimum atomic E-state index is 0.0293. The number of hydrogen-bond donors (Lipinski definition) is 1. The van der Waals surface area contributed by atoms with Crippen molar-refractivity contribution in [2.45, 2.75) is 316 Å². The molecule has 0 amide bonds. The highest BCUT2D eigenvalue weighted by atomic mass is 16.5. The van der Waals surface area contributed by atoms with E-state index < -0.39 is 0 Å². The number of rotatable bonds is 50. The van der Waals surface area contributed by atoms with Crippen molar-refractivity contribution in [3.63, 3.8) is 0 Å². The van der Waals surface area contributed by atoms with Gasteiger partial charge in [-0.1, -0.05) is 246 Å². The van der Waals surface area contributed by atoms with Gasteiger partial charge in [-0.15, -0.1) is 0 Å². The number of esters is 2. The van der Waals surface area contributed by atoms with Crippen LogP contribution >= 0.6 is 0 Å². The fraction of sp³-hybridized carbons (Fsp3) is 0.965. The van der Waals surface area contributed by atoms with Crippen molar-refractivity contribution in [3.05, 3.63) is 0 Å². The van der Waals surface area contributed by atoms with Gasteiger partial charge in [0, 0.05) is 18.9 Å². The molecular weight excluding hydrogens is 763 g/mol. The van der Waals surface area contributed by atoms with Crippen LogP contribution in [0, 0.1) is 17.8 Å². The summed E-state index contributed by atoms with van der Waals surface area (Å²) in [5.74, 6) is 1.65. The molecule has 62 heavy (non-hydrogen) atoms. The third-order valence-corrected chi connectivity index (χ3v) is 14.3. The summed E-state index contributed by atoms with van der Waals surface area (Å²) in [5, 5.41) is 3.74. The molecule has 1 aliphatic rings. The van der Waals surface area contributed by atoms with Gasteiger partial charge in [0.05, 0.1) is 13.2 Å². The summed E-state index contributed by atoms with van der Waals surface area (Å²) in [7, 11) is 0. The highest BCUT2D eigenvalue weighted by molar-refractivity contribution is 5.70. The topological polar surface area (TPSA) is 64.6 Å². The van der Waals surface area contributed by atoms with Crippen LogP contribution < -0.4 is 5.32 Å². The molecule has 0 aliphatic heterocycles. The zero-order valence-electron chi connectivity index (χ0n) is 42.7. The highest BCUT2D eigenvalue weighted by Gasteiger charge is 2.30. The molecule has 0 aromatic heterocycles. The van der Waals surface area contributed by atoms with Crippen LogP contribution in [0.4, 0.5) is 0 Å². The van der Waals surface area contributed by atoms with E-state index in [4.69, 9.17) is 9.47 Å². The van der Waals surface area contributed by atoms with Crippen LogP contribution in [0.1, 0.15) is 310 Å². The van der Waals surface area contributed by atoms with Gasteiger partial charge in [0.2, 0.25) is 0 Å². The van der Waals surface area contributed by atoms with Crippen LogP contribution in [0.5, 0.6) is 0 Å². The molecule has 1 fully saturated rings. The lowest BCUT2D eigenvalue weighted by molar-refractivity contribution is -0.147. The summed E-state index contributed by atoms with van der Waals surface area (Å²) < 4.78 is 11.8. The maximum absolute atomic E-state index is 12.8. The van der Waals surface area contributed by atoms with Crippen LogP contribution in [0.25, 0.3) is 0 Å². The standard InChI is InChI=1S/C57H111NO4/c1-5-9-13-17-21-23-25-31-37-41-52(42-38-32-26-24-22-18-14-10-6-2)50-61-56(59)45-39-33-27-28-34-40-46-58-55-47-54(48-55)49-57(60)62-51-53(43-35-29-19-15-11-7-3)44-36-30-20-16-12-8-4/h52-55,58H,5-51H2,1-4H3. The van der Waals surface area contributed by atoms with Crippen LogP contribution in [0.15, 0.2) is 0 Å². The van der Waals surface area contributed by atoms with Crippen LogP contribution in [0.3, 0.4) is 0 Å². The molecule has 0 aromatic rings. The van der Waals surface area contributed by atoms with E-state index in [1.165, 1.54) is 244 Å². The van der Waals surface area contributed by atoms with Gasteiger partial charge in [-0.05, 0) is 75.7 Å². The number of carbonyl (C=O) groups is 2. The quantitative estimate of drug-likeness (QED) is 0.0487. The average molecular weight is 875 g/mol. The summed E-state index contributed by atoms with van der Waals surface area (Å²) in [6, 6.07) is 0.571. The maximum Gasteiger partial charge on any atom is 0.306 e. The number of ether oxygens (including phenoxy) is 2. The maximum atomic E-state index is 12.8. The molecule has 5 heteroatoms. The van der Waals surface area contributed by atoms with Gasteiger partial charge in [0.1, 0.15) is 0 Å². The summed E-state index contributed by atoms with van der Waals surface area (Å²) in [4.78, 5) is 25.5. The Morgan fingerprint density at radius 1 is 0.403 bits per heavy atom. The first-order valence-corrected chi connectivity index (χ1v) is 28.6. The molecule has 0 radical (unpaired) electrons. The van der Waals surface area contributed by atoms with E-state index >= 15 is 0 Å². The number of carbonyl (C=O) groups excluding carboxylic acids is 2. The smallest absolute Gasteiger partial charge is 0.306 e. The van der Waals surface area contributed by atoms with E-state index in [0.717, 1.165) is 32.2 Å². The van der Waals surface area contributed by atoms with E-state index in [1.54, 1.807) is 0 Å². The Morgan fingerprint density at radius 2 is 0.710 bits per heavy atom. The van der Waals surface area contributed by atoms with Crippen LogP contribution in [-0.4, -0.2) is 37.7 Å². The molecule has 0 heterocycles. The first-order chi connectivity index (χ1) is 30.5. The van der Waals surface area contributed by atoms with Gasteiger partial charge in [-0.2, -0.15) is 0 Å². The normalized spacial score (nSPS) is 15.1. The van der Waals surface area contributed by atoms with Gasteiger partial charge in [-0.3, -0.25) is 9.59 Å². The SMILES string of the molecule is CCCCCCCCCCCC(CCCCCCCCCCC)COC(=O)CCCCCCCCNC1CC(CC(=O)OCC(CCCCCCCC)CCCCCCCC)C1. The Labute approximate surface area is 388 Å². The molecule has 0 spiro atoms. The second-order valence-corrected chi connectivity index (χ2v) is 20.5. The van der Waals surface area contributed by atoms with Crippen molar-refractivity contribution in [1.29, 1.82) is 0 Å². The van der Waals surface area contributed by atoms with Gasteiger partial charge >= 0.3 is 11.9 Å². The van der Waals surface area contributed by atoms with Crippen LogP contribution in [0.2, 0.25) is 0 Å².